The minimum absolute atomic E-state index is 0.00334. The van der Waals surface area contributed by atoms with E-state index in [4.69, 9.17) is 9.47 Å². The van der Waals surface area contributed by atoms with E-state index in [1.165, 1.54) is 0 Å². The van der Waals surface area contributed by atoms with E-state index in [1.807, 2.05) is 27.7 Å². The average molecular weight is 369 g/mol. The summed E-state index contributed by atoms with van der Waals surface area (Å²) < 4.78 is 50.2. The molecule has 8 heteroatoms. The van der Waals surface area contributed by atoms with Crippen LogP contribution in [0.25, 0.3) is 0 Å². The third-order valence-electron chi connectivity index (χ3n) is 3.07. The Balaban J connectivity index is 2.25. The first-order valence-corrected chi connectivity index (χ1v) is 8.26. The van der Waals surface area contributed by atoms with Gasteiger partial charge in [0.1, 0.15) is 11.3 Å². The van der Waals surface area contributed by atoms with E-state index in [0.29, 0.717) is 11.4 Å². The highest BCUT2D eigenvalue weighted by atomic mass is 19.4. The van der Waals surface area contributed by atoms with E-state index in [2.05, 4.69) is 15.3 Å². The summed E-state index contributed by atoms with van der Waals surface area (Å²) in [6, 6.07) is 7.01. The van der Waals surface area contributed by atoms with Crippen molar-refractivity contribution >= 4 is 11.6 Å². The van der Waals surface area contributed by atoms with Gasteiger partial charge in [-0.3, -0.25) is 0 Å². The summed E-state index contributed by atoms with van der Waals surface area (Å²) in [4.78, 5) is 7.65. The number of ether oxygens (including phenoxy) is 2. The van der Waals surface area contributed by atoms with Gasteiger partial charge < -0.3 is 14.8 Å². The number of halogens is 3. The molecule has 0 fully saturated rings. The Hall–Kier alpha value is -2.51. The van der Waals surface area contributed by atoms with Crippen LogP contribution in [0, 0.1) is 5.92 Å². The van der Waals surface area contributed by atoms with Gasteiger partial charge in [-0.2, -0.15) is 18.2 Å². The second-order valence-electron chi connectivity index (χ2n) is 6.43. The van der Waals surface area contributed by atoms with Crippen molar-refractivity contribution in [3.8, 4) is 11.6 Å². The van der Waals surface area contributed by atoms with Gasteiger partial charge in [-0.05, 0) is 31.9 Å². The Morgan fingerprint density at radius 3 is 2.50 bits per heavy atom. The van der Waals surface area contributed by atoms with Crippen molar-refractivity contribution in [3.63, 3.8) is 0 Å². The second-order valence-corrected chi connectivity index (χ2v) is 6.43. The molecule has 2 rings (SSSR count). The van der Waals surface area contributed by atoms with Gasteiger partial charge in [0.05, 0.1) is 12.7 Å². The molecular weight excluding hydrogens is 347 g/mol. The molecule has 0 spiro atoms. The SMILES string of the molecule is CC(C)COc1nc(Nc2cccc(OC(C)C)c2)ncc1C(F)(F)F. The molecule has 0 amide bonds. The van der Waals surface area contributed by atoms with Gasteiger partial charge in [-0.25, -0.2) is 4.98 Å². The number of aromatic nitrogens is 2. The van der Waals surface area contributed by atoms with Crippen LogP contribution in [0.1, 0.15) is 33.3 Å². The number of alkyl halides is 3. The maximum Gasteiger partial charge on any atom is 0.423 e. The molecule has 0 radical (unpaired) electrons. The van der Waals surface area contributed by atoms with Gasteiger partial charge in [-0.1, -0.05) is 19.9 Å². The molecule has 26 heavy (non-hydrogen) atoms. The molecule has 142 valence electrons. The van der Waals surface area contributed by atoms with Crippen molar-refractivity contribution in [2.45, 2.75) is 40.0 Å². The van der Waals surface area contributed by atoms with Gasteiger partial charge in [-0.15, -0.1) is 0 Å². The minimum Gasteiger partial charge on any atom is -0.491 e. The van der Waals surface area contributed by atoms with Gasteiger partial charge in [0, 0.05) is 18.0 Å². The van der Waals surface area contributed by atoms with Crippen LogP contribution in [0.3, 0.4) is 0 Å². The van der Waals surface area contributed by atoms with Crippen LogP contribution in [0.4, 0.5) is 24.8 Å². The zero-order chi connectivity index (χ0) is 19.3. The van der Waals surface area contributed by atoms with Crippen LogP contribution >= 0.6 is 0 Å². The van der Waals surface area contributed by atoms with Crippen molar-refractivity contribution in [2.75, 3.05) is 11.9 Å². The number of anilines is 2. The van der Waals surface area contributed by atoms with Crippen LogP contribution in [0.15, 0.2) is 30.5 Å². The van der Waals surface area contributed by atoms with Crippen molar-refractivity contribution in [2.24, 2.45) is 5.92 Å². The van der Waals surface area contributed by atoms with Crippen molar-refractivity contribution < 1.29 is 22.6 Å². The number of hydrogen-bond donors (Lipinski definition) is 1. The van der Waals surface area contributed by atoms with Gasteiger partial charge in [0.25, 0.3) is 0 Å². The van der Waals surface area contributed by atoms with Crippen LogP contribution < -0.4 is 14.8 Å². The largest absolute Gasteiger partial charge is 0.491 e. The predicted molar refractivity (Wildman–Crippen MR) is 92.9 cm³/mol. The van der Waals surface area contributed by atoms with Crippen LogP contribution in [0.2, 0.25) is 0 Å². The molecule has 1 aromatic heterocycles. The van der Waals surface area contributed by atoms with Crippen LogP contribution in [-0.4, -0.2) is 22.7 Å². The first-order chi connectivity index (χ1) is 12.1. The topological polar surface area (TPSA) is 56.3 Å². The summed E-state index contributed by atoms with van der Waals surface area (Å²) in [6.07, 6.45) is -3.86. The molecule has 2 aromatic rings. The molecule has 0 aliphatic rings. The number of benzene rings is 1. The van der Waals surface area contributed by atoms with E-state index in [-0.39, 0.29) is 24.6 Å². The summed E-state index contributed by atoms with van der Waals surface area (Å²) in [7, 11) is 0. The molecule has 0 aliphatic carbocycles. The Bertz CT molecular complexity index is 734. The predicted octanol–water partition coefficient (Wildman–Crippen LogP) is 5.06. The van der Waals surface area contributed by atoms with E-state index < -0.39 is 17.6 Å². The zero-order valence-electron chi connectivity index (χ0n) is 15.1. The van der Waals surface area contributed by atoms with Gasteiger partial charge in [0.15, 0.2) is 0 Å². The normalized spacial score (nSPS) is 11.7. The molecular formula is C18H22F3N3O2. The van der Waals surface area contributed by atoms with E-state index in [9.17, 15) is 13.2 Å². The zero-order valence-corrected chi connectivity index (χ0v) is 15.1. The number of nitrogens with one attached hydrogen (secondary N) is 1. The monoisotopic (exact) mass is 369 g/mol. The first-order valence-electron chi connectivity index (χ1n) is 8.26. The summed E-state index contributed by atoms with van der Waals surface area (Å²) in [5.74, 6) is 0.220. The van der Waals surface area contributed by atoms with Crippen molar-refractivity contribution in [1.29, 1.82) is 0 Å². The third kappa shape index (κ3) is 5.79. The fourth-order valence-electron chi connectivity index (χ4n) is 2.02. The molecule has 0 bridgehead atoms. The highest BCUT2D eigenvalue weighted by molar-refractivity contribution is 5.56. The highest BCUT2D eigenvalue weighted by Crippen LogP contribution is 2.35. The summed E-state index contributed by atoms with van der Waals surface area (Å²) in [6.45, 7) is 7.60. The number of hydrogen-bond acceptors (Lipinski definition) is 5. The second kappa shape index (κ2) is 8.25. The molecule has 5 nitrogen and oxygen atoms in total. The van der Waals surface area contributed by atoms with Crippen molar-refractivity contribution in [3.05, 3.63) is 36.0 Å². The van der Waals surface area contributed by atoms with Gasteiger partial charge in [0.2, 0.25) is 11.8 Å². The maximum atomic E-state index is 13.1. The van der Waals surface area contributed by atoms with Crippen LogP contribution in [0.5, 0.6) is 11.6 Å². The Morgan fingerprint density at radius 2 is 1.88 bits per heavy atom. The third-order valence-corrected chi connectivity index (χ3v) is 3.07. The minimum atomic E-state index is -4.59. The number of rotatable bonds is 7. The van der Waals surface area contributed by atoms with Gasteiger partial charge >= 0.3 is 6.18 Å². The lowest BCUT2D eigenvalue weighted by Gasteiger charge is -2.15. The quantitative estimate of drug-likeness (QED) is 0.739. The Kier molecular flexibility index (Phi) is 6.28. The lowest BCUT2D eigenvalue weighted by molar-refractivity contribution is -0.139. The number of nitrogens with zero attached hydrogens (tertiary/aromatic N) is 2. The average Bonchev–Trinajstić information content (AvgIpc) is 2.51. The molecule has 1 heterocycles. The molecule has 0 atom stereocenters. The molecule has 1 N–H and O–H groups in total. The highest BCUT2D eigenvalue weighted by Gasteiger charge is 2.36. The summed E-state index contributed by atoms with van der Waals surface area (Å²) >= 11 is 0. The smallest absolute Gasteiger partial charge is 0.423 e. The van der Waals surface area contributed by atoms with E-state index in [0.717, 1.165) is 6.20 Å². The molecule has 0 unspecified atom stereocenters. The maximum absolute atomic E-state index is 13.1. The van der Waals surface area contributed by atoms with E-state index in [1.54, 1.807) is 24.3 Å². The van der Waals surface area contributed by atoms with E-state index >= 15 is 0 Å². The van der Waals surface area contributed by atoms with Crippen LogP contribution in [-0.2, 0) is 6.18 Å². The van der Waals surface area contributed by atoms with Crippen molar-refractivity contribution in [1.82, 2.24) is 9.97 Å². The summed E-state index contributed by atoms with van der Waals surface area (Å²) in [5.41, 5.74) is -0.404. The standard InChI is InChI=1S/C18H22F3N3O2/c1-11(2)10-25-16-15(18(19,20)21)9-22-17(24-16)23-13-6-5-7-14(8-13)26-12(3)4/h5-9,11-12H,10H2,1-4H3,(H,22,23,24). The fraction of sp³-hybridized carbons (Fsp3) is 0.444. The first kappa shape index (κ1) is 19.8. The lowest BCUT2D eigenvalue weighted by Crippen LogP contribution is -2.14. The molecule has 1 aromatic carbocycles. The fourth-order valence-corrected chi connectivity index (χ4v) is 2.02. The summed E-state index contributed by atoms with van der Waals surface area (Å²) in [5, 5.41) is 2.87. The lowest BCUT2D eigenvalue weighted by atomic mass is 10.2. The molecule has 0 aliphatic heterocycles. The Labute approximate surface area is 150 Å². The molecule has 0 saturated heterocycles. The Morgan fingerprint density at radius 1 is 1.15 bits per heavy atom. The molecule has 0 saturated carbocycles.